The fourth-order valence-corrected chi connectivity index (χ4v) is 0.941. The molecule has 1 aromatic carbocycles. The maximum Gasteiger partial charge on any atom is 0.213 e. The minimum Gasteiger partial charge on any atom is -0.470 e. The Hall–Kier alpha value is -1.35. The number of carbonyl (C=O) groups excluding carboxylic acids is 1. The third-order valence-electron chi connectivity index (χ3n) is 1.56. The van der Waals surface area contributed by atoms with Crippen molar-refractivity contribution in [2.24, 2.45) is 0 Å². The number of nitrogens with one attached hydrogen (secondary N) is 1. The topological polar surface area (TPSA) is 50.1 Å². The van der Waals surface area contributed by atoms with Crippen molar-refractivity contribution in [1.82, 2.24) is 0 Å². The van der Waals surface area contributed by atoms with Crippen LogP contribution in [0.4, 0.5) is 0 Å². The number of carbonyl (C=O) groups is 1. The Bertz CT molecular complexity index is 324. The SMILES string of the molecule is N=C(OCC(=O)CCl)c1ccccc1. The van der Waals surface area contributed by atoms with Crippen molar-refractivity contribution in [3.8, 4) is 0 Å². The zero-order valence-electron chi connectivity index (χ0n) is 7.50. The Balaban J connectivity index is 2.48. The van der Waals surface area contributed by atoms with Crippen molar-refractivity contribution in [2.45, 2.75) is 0 Å². The van der Waals surface area contributed by atoms with Gasteiger partial charge in [-0.2, -0.15) is 0 Å². The van der Waals surface area contributed by atoms with E-state index in [4.69, 9.17) is 21.7 Å². The van der Waals surface area contributed by atoms with E-state index < -0.39 is 0 Å². The normalized spacial score (nSPS) is 9.50. The first kappa shape index (κ1) is 10.7. The lowest BCUT2D eigenvalue weighted by Crippen LogP contribution is -2.14. The van der Waals surface area contributed by atoms with Gasteiger partial charge in [-0.15, -0.1) is 11.6 Å². The molecular formula is C10H10ClNO2. The molecule has 0 bridgehead atoms. The lowest BCUT2D eigenvalue weighted by molar-refractivity contribution is -0.118. The van der Waals surface area contributed by atoms with Crippen molar-refractivity contribution in [3.05, 3.63) is 35.9 Å². The standard InChI is InChI=1S/C10H10ClNO2/c11-6-9(13)7-14-10(12)8-4-2-1-3-5-8/h1-5,12H,6-7H2. The highest BCUT2D eigenvalue weighted by atomic mass is 35.5. The second kappa shape index (κ2) is 5.40. The largest absolute Gasteiger partial charge is 0.470 e. The number of ketones is 1. The number of hydrogen-bond acceptors (Lipinski definition) is 3. The minimum atomic E-state index is -0.229. The van der Waals surface area contributed by atoms with Gasteiger partial charge in [-0.25, -0.2) is 0 Å². The van der Waals surface area contributed by atoms with E-state index in [9.17, 15) is 4.79 Å². The molecule has 0 amide bonds. The third kappa shape index (κ3) is 3.18. The maximum absolute atomic E-state index is 10.8. The molecule has 0 aromatic heterocycles. The summed E-state index contributed by atoms with van der Waals surface area (Å²) in [4.78, 5) is 10.8. The molecule has 1 rings (SSSR count). The Morgan fingerprint density at radius 1 is 1.36 bits per heavy atom. The van der Waals surface area contributed by atoms with Gasteiger partial charge in [0.2, 0.25) is 5.90 Å². The second-order valence-corrected chi connectivity index (χ2v) is 2.92. The van der Waals surface area contributed by atoms with Gasteiger partial charge in [0.15, 0.2) is 5.78 Å². The lowest BCUT2D eigenvalue weighted by atomic mass is 10.2. The highest BCUT2D eigenvalue weighted by molar-refractivity contribution is 6.27. The fourth-order valence-electron chi connectivity index (χ4n) is 0.864. The summed E-state index contributed by atoms with van der Waals surface area (Å²) in [5.41, 5.74) is 0.648. The molecule has 0 atom stereocenters. The molecule has 74 valence electrons. The zero-order chi connectivity index (χ0) is 10.4. The van der Waals surface area contributed by atoms with E-state index >= 15 is 0 Å². The van der Waals surface area contributed by atoms with Crippen LogP contribution >= 0.6 is 11.6 Å². The Labute approximate surface area is 87.2 Å². The van der Waals surface area contributed by atoms with Gasteiger partial charge in [-0.3, -0.25) is 10.2 Å². The van der Waals surface area contributed by atoms with Crippen LogP contribution < -0.4 is 0 Å². The van der Waals surface area contributed by atoms with E-state index in [2.05, 4.69) is 0 Å². The van der Waals surface area contributed by atoms with E-state index in [0.29, 0.717) is 5.56 Å². The molecule has 0 spiro atoms. The number of ether oxygens (including phenoxy) is 1. The first-order valence-electron chi connectivity index (χ1n) is 4.08. The van der Waals surface area contributed by atoms with Gasteiger partial charge in [-0.05, 0) is 12.1 Å². The van der Waals surface area contributed by atoms with Crippen LogP contribution in [0.2, 0.25) is 0 Å². The van der Waals surface area contributed by atoms with Gasteiger partial charge in [0.05, 0.1) is 5.88 Å². The minimum absolute atomic E-state index is 0.0101. The molecule has 0 saturated heterocycles. The summed E-state index contributed by atoms with van der Waals surface area (Å²) in [7, 11) is 0. The maximum atomic E-state index is 10.8. The predicted octanol–water partition coefficient (Wildman–Crippen LogP) is 1.84. The van der Waals surface area contributed by atoms with Gasteiger partial charge in [0.25, 0.3) is 0 Å². The molecule has 0 radical (unpaired) electrons. The number of halogens is 1. The molecule has 0 unspecified atom stereocenters. The summed E-state index contributed by atoms with van der Waals surface area (Å²) in [6.07, 6.45) is 0. The van der Waals surface area contributed by atoms with Crippen molar-refractivity contribution in [3.63, 3.8) is 0 Å². The first-order valence-corrected chi connectivity index (χ1v) is 4.62. The molecule has 0 aliphatic heterocycles. The van der Waals surface area contributed by atoms with Crippen LogP contribution in [0.3, 0.4) is 0 Å². The van der Waals surface area contributed by atoms with Gasteiger partial charge in [0.1, 0.15) is 6.61 Å². The van der Waals surface area contributed by atoms with Crippen LogP contribution in [0, 0.1) is 5.41 Å². The molecule has 0 saturated carbocycles. The fraction of sp³-hybridized carbons (Fsp3) is 0.200. The van der Waals surface area contributed by atoms with E-state index in [0.717, 1.165) is 0 Å². The Morgan fingerprint density at radius 3 is 2.57 bits per heavy atom. The highest BCUT2D eigenvalue weighted by Gasteiger charge is 2.04. The zero-order valence-corrected chi connectivity index (χ0v) is 8.25. The molecule has 1 aromatic rings. The average Bonchev–Trinajstić information content (AvgIpc) is 2.26. The van der Waals surface area contributed by atoms with Gasteiger partial charge in [0, 0.05) is 5.56 Å². The summed E-state index contributed by atoms with van der Waals surface area (Å²) in [6.45, 7) is -0.142. The quantitative estimate of drug-likeness (QED) is 0.469. The molecule has 3 nitrogen and oxygen atoms in total. The summed E-state index contributed by atoms with van der Waals surface area (Å²) in [5.74, 6) is -0.321. The van der Waals surface area contributed by atoms with Crippen molar-refractivity contribution in [2.75, 3.05) is 12.5 Å². The smallest absolute Gasteiger partial charge is 0.213 e. The van der Waals surface area contributed by atoms with Crippen LogP contribution in [0.15, 0.2) is 30.3 Å². The highest BCUT2D eigenvalue weighted by Crippen LogP contribution is 2.00. The summed E-state index contributed by atoms with van der Waals surface area (Å²) >= 11 is 5.28. The number of Topliss-reactive ketones (excluding diaryl/α,β-unsaturated/α-hetero) is 1. The third-order valence-corrected chi connectivity index (χ3v) is 1.86. The second-order valence-electron chi connectivity index (χ2n) is 2.66. The van der Waals surface area contributed by atoms with E-state index in [1.807, 2.05) is 6.07 Å². The van der Waals surface area contributed by atoms with Crippen LogP contribution in [-0.4, -0.2) is 24.2 Å². The van der Waals surface area contributed by atoms with E-state index in [1.165, 1.54) is 0 Å². The van der Waals surface area contributed by atoms with Crippen LogP contribution in [0.1, 0.15) is 5.56 Å². The molecule has 1 N–H and O–H groups in total. The average molecular weight is 212 g/mol. The summed E-state index contributed by atoms with van der Waals surface area (Å²) in [5, 5.41) is 7.48. The van der Waals surface area contributed by atoms with Crippen molar-refractivity contribution >= 4 is 23.3 Å². The number of rotatable bonds is 4. The lowest BCUT2D eigenvalue weighted by Gasteiger charge is -2.04. The molecular weight excluding hydrogens is 202 g/mol. The molecule has 14 heavy (non-hydrogen) atoms. The Kier molecular flexibility index (Phi) is 4.13. The van der Waals surface area contributed by atoms with Crippen molar-refractivity contribution < 1.29 is 9.53 Å². The van der Waals surface area contributed by atoms with Crippen molar-refractivity contribution in [1.29, 1.82) is 5.41 Å². The molecule has 0 aliphatic carbocycles. The monoisotopic (exact) mass is 211 g/mol. The van der Waals surface area contributed by atoms with Crippen LogP contribution in [-0.2, 0) is 9.53 Å². The Morgan fingerprint density at radius 2 is 2.00 bits per heavy atom. The number of alkyl halides is 1. The molecule has 4 heteroatoms. The molecule has 0 aliphatic rings. The molecule has 0 heterocycles. The van der Waals surface area contributed by atoms with Gasteiger partial charge in [-0.1, -0.05) is 18.2 Å². The van der Waals surface area contributed by atoms with Crippen LogP contribution in [0.25, 0.3) is 0 Å². The summed E-state index contributed by atoms with van der Waals surface area (Å²) in [6, 6.07) is 8.94. The predicted molar refractivity (Wildman–Crippen MR) is 54.9 cm³/mol. The van der Waals surface area contributed by atoms with E-state index in [-0.39, 0.29) is 24.2 Å². The van der Waals surface area contributed by atoms with Gasteiger partial charge >= 0.3 is 0 Å². The van der Waals surface area contributed by atoms with Gasteiger partial charge < -0.3 is 4.74 Å². The van der Waals surface area contributed by atoms with Crippen LogP contribution in [0.5, 0.6) is 0 Å². The van der Waals surface area contributed by atoms with E-state index in [1.54, 1.807) is 24.3 Å². The number of benzene rings is 1. The first-order chi connectivity index (χ1) is 6.74. The number of hydrogen-bond donors (Lipinski definition) is 1. The summed E-state index contributed by atoms with van der Waals surface area (Å²) < 4.78 is 4.93. The molecule has 0 fully saturated rings.